The standard InChI is InChI=1S/C12H16F2O4/c13-8(14)9(15)18-12-3-7-1-10(16,5-12)4-11(17,2-7)6-12/h7-8,16-17H,1-6H2. The molecular formula is C12H16F2O4. The van der Waals surface area contributed by atoms with E-state index in [2.05, 4.69) is 0 Å². The van der Waals surface area contributed by atoms with Crippen molar-refractivity contribution in [1.82, 2.24) is 0 Å². The van der Waals surface area contributed by atoms with Crippen LogP contribution in [0.3, 0.4) is 0 Å². The summed E-state index contributed by atoms with van der Waals surface area (Å²) in [7, 11) is 0. The summed E-state index contributed by atoms with van der Waals surface area (Å²) in [5, 5.41) is 20.7. The fraction of sp³-hybridized carbons (Fsp3) is 0.917. The zero-order chi connectivity index (χ0) is 13.2. The van der Waals surface area contributed by atoms with Gasteiger partial charge >= 0.3 is 12.4 Å². The monoisotopic (exact) mass is 262 g/mol. The third-order valence-electron chi connectivity index (χ3n) is 4.45. The first kappa shape index (κ1) is 12.3. The molecule has 4 saturated carbocycles. The van der Waals surface area contributed by atoms with Crippen LogP contribution in [0.25, 0.3) is 0 Å². The fourth-order valence-corrected chi connectivity index (χ4v) is 4.62. The molecule has 0 aromatic rings. The van der Waals surface area contributed by atoms with Crippen LogP contribution in [0, 0.1) is 5.92 Å². The molecule has 0 heterocycles. The second-order valence-corrected chi connectivity index (χ2v) is 6.36. The summed E-state index contributed by atoms with van der Waals surface area (Å²) >= 11 is 0. The van der Waals surface area contributed by atoms with Crippen LogP contribution in [-0.2, 0) is 9.53 Å². The first-order valence-corrected chi connectivity index (χ1v) is 6.19. The highest BCUT2D eigenvalue weighted by Gasteiger charge is 2.64. The van der Waals surface area contributed by atoms with Gasteiger partial charge in [-0.15, -0.1) is 0 Å². The van der Waals surface area contributed by atoms with Gasteiger partial charge < -0.3 is 14.9 Å². The lowest BCUT2D eigenvalue weighted by atomic mass is 9.50. The maximum absolute atomic E-state index is 12.3. The van der Waals surface area contributed by atoms with E-state index in [1.165, 1.54) is 0 Å². The van der Waals surface area contributed by atoms with Gasteiger partial charge in [-0.3, -0.25) is 0 Å². The topological polar surface area (TPSA) is 66.8 Å². The SMILES string of the molecule is O=C(OC12CC3CC(O)(CC(O)(C3)C1)C2)C(F)F. The van der Waals surface area contributed by atoms with Gasteiger partial charge in [-0.05, 0) is 25.2 Å². The second kappa shape index (κ2) is 3.42. The summed E-state index contributed by atoms with van der Waals surface area (Å²) in [4.78, 5) is 11.1. The fourth-order valence-electron chi connectivity index (χ4n) is 4.62. The minimum Gasteiger partial charge on any atom is -0.455 e. The molecule has 18 heavy (non-hydrogen) atoms. The zero-order valence-electron chi connectivity index (χ0n) is 9.86. The summed E-state index contributed by atoms with van der Waals surface area (Å²) < 4.78 is 29.5. The van der Waals surface area contributed by atoms with Crippen LogP contribution in [0.2, 0.25) is 0 Å². The number of ether oxygens (including phenoxy) is 1. The van der Waals surface area contributed by atoms with Gasteiger partial charge in [0.25, 0.3) is 0 Å². The third kappa shape index (κ3) is 1.82. The van der Waals surface area contributed by atoms with Crippen molar-refractivity contribution in [2.24, 2.45) is 5.92 Å². The molecule has 0 amide bonds. The predicted octanol–water partition coefficient (Wildman–Crippen LogP) is 0.993. The van der Waals surface area contributed by atoms with E-state index < -0.39 is 29.2 Å². The normalized spacial score (nSPS) is 49.7. The molecule has 4 rings (SSSR count). The van der Waals surface area contributed by atoms with E-state index >= 15 is 0 Å². The number of hydrogen-bond acceptors (Lipinski definition) is 4. The van der Waals surface area contributed by atoms with Crippen molar-refractivity contribution in [1.29, 1.82) is 0 Å². The molecule has 2 atom stereocenters. The van der Waals surface area contributed by atoms with Crippen molar-refractivity contribution in [3.05, 3.63) is 0 Å². The maximum Gasteiger partial charge on any atom is 0.374 e. The van der Waals surface area contributed by atoms with Crippen LogP contribution in [0.15, 0.2) is 0 Å². The van der Waals surface area contributed by atoms with Crippen molar-refractivity contribution in [2.45, 2.75) is 61.8 Å². The lowest BCUT2D eigenvalue weighted by Gasteiger charge is -2.62. The van der Waals surface area contributed by atoms with Gasteiger partial charge in [0.1, 0.15) is 5.60 Å². The van der Waals surface area contributed by atoms with E-state index in [4.69, 9.17) is 4.74 Å². The number of esters is 1. The Kier molecular flexibility index (Phi) is 2.33. The maximum atomic E-state index is 12.3. The molecule has 2 N–H and O–H groups in total. The van der Waals surface area contributed by atoms with Crippen molar-refractivity contribution in [2.75, 3.05) is 0 Å². The summed E-state index contributed by atoms with van der Waals surface area (Å²) in [6.45, 7) is 0. The Morgan fingerprint density at radius 1 is 1.11 bits per heavy atom. The highest BCUT2D eigenvalue weighted by Crippen LogP contribution is 2.60. The second-order valence-electron chi connectivity index (χ2n) is 6.36. The summed E-state index contributed by atoms with van der Waals surface area (Å²) in [5.41, 5.74) is -3.25. The molecule has 0 radical (unpaired) electrons. The largest absolute Gasteiger partial charge is 0.455 e. The number of halogens is 2. The average Bonchev–Trinajstić information content (AvgIpc) is 2.09. The molecule has 4 nitrogen and oxygen atoms in total. The number of rotatable bonds is 2. The Morgan fingerprint density at radius 3 is 2.11 bits per heavy atom. The number of alkyl halides is 2. The van der Waals surface area contributed by atoms with Gasteiger partial charge in [-0.2, -0.15) is 8.78 Å². The molecule has 4 fully saturated rings. The van der Waals surface area contributed by atoms with E-state index in [9.17, 15) is 23.8 Å². The Labute approximate surface area is 103 Å². The van der Waals surface area contributed by atoms with E-state index in [0.29, 0.717) is 19.3 Å². The van der Waals surface area contributed by atoms with Gasteiger partial charge in [0.2, 0.25) is 0 Å². The Morgan fingerprint density at radius 2 is 1.67 bits per heavy atom. The highest BCUT2D eigenvalue weighted by molar-refractivity contribution is 5.73. The molecule has 102 valence electrons. The number of aliphatic hydroxyl groups is 2. The van der Waals surface area contributed by atoms with Crippen molar-refractivity contribution >= 4 is 5.97 Å². The van der Waals surface area contributed by atoms with E-state index in [-0.39, 0.29) is 25.2 Å². The molecule has 0 aliphatic heterocycles. The van der Waals surface area contributed by atoms with E-state index in [1.807, 2.05) is 0 Å². The quantitative estimate of drug-likeness (QED) is 0.728. The van der Waals surface area contributed by atoms with Gasteiger partial charge in [-0.1, -0.05) is 0 Å². The molecule has 0 aromatic heterocycles. The molecule has 0 aromatic carbocycles. The Bertz CT molecular complexity index is 380. The molecule has 4 aliphatic carbocycles. The highest BCUT2D eigenvalue weighted by atomic mass is 19.3. The number of hydrogen-bond donors (Lipinski definition) is 2. The smallest absolute Gasteiger partial charge is 0.374 e. The summed E-state index contributed by atoms with van der Waals surface area (Å²) in [6, 6.07) is 0. The van der Waals surface area contributed by atoms with Gasteiger partial charge in [0.15, 0.2) is 0 Å². The van der Waals surface area contributed by atoms with Crippen LogP contribution in [-0.4, -0.2) is 39.4 Å². The van der Waals surface area contributed by atoms with Gasteiger partial charge in [0, 0.05) is 19.3 Å². The van der Waals surface area contributed by atoms with Crippen LogP contribution >= 0.6 is 0 Å². The molecule has 2 unspecified atom stereocenters. The van der Waals surface area contributed by atoms with Crippen LogP contribution < -0.4 is 0 Å². The lowest BCUT2D eigenvalue weighted by molar-refractivity contribution is -0.264. The Balaban J connectivity index is 1.87. The van der Waals surface area contributed by atoms with Crippen LogP contribution in [0.4, 0.5) is 8.78 Å². The van der Waals surface area contributed by atoms with Crippen LogP contribution in [0.5, 0.6) is 0 Å². The molecular weight excluding hydrogens is 246 g/mol. The van der Waals surface area contributed by atoms with Gasteiger partial charge in [0.05, 0.1) is 11.2 Å². The number of carbonyl (C=O) groups is 1. The Hall–Kier alpha value is -0.750. The van der Waals surface area contributed by atoms with Crippen molar-refractivity contribution < 1.29 is 28.5 Å². The first-order chi connectivity index (χ1) is 8.23. The summed E-state index contributed by atoms with van der Waals surface area (Å²) in [5.74, 6) is -1.51. The van der Waals surface area contributed by atoms with Gasteiger partial charge in [-0.25, -0.2) is 4.79 Å². The first-order valence-electron chi connectivity index (χ1n) is 6.19. The molecule has 6 heteroatoms. The zero-order valence-corrected chi connectivity index (χ0v) is 9.86. The van der Waals surface area contributed by atoms with Crippen molar-refractivity contribution in [3.8, 4) is 0 Å². The minimum absolute atomic E-state index is 0.0433. The third-order valence-corrected chi connectivity index (χ3v) is 4.45. The molecule has 0 spiro atoms. The average molecular weight is 262 g/mol. The lowest BCUT2D eigenvalue weighted by Crippen LogP contribution is -2.67. The summed E-state index contributed by atoms with van der Waals surface area (Å²) in [6.07, 6.45) is -0.996. The minimum atomic E-state index is -3.16. The number of carbonyl (C=O) groups excluding carboxylic acids is 1. The molecule has 4 aliphatic rings. The molecule has 0 saturated heterocycles. The van der Waals surface area contributed by atoms with E-state index in [1.54, 1.807) is 0 Å². The molecule has 4 bridgehead atoms. The van der Waals surface area contributed by atoms with E-state index in [0.717, 1.165) is 0 Å². The van der Waals surface area contributed by atoms with Crippen LogP contribution in [0.1, 0.15) is 38.5 Å². The predicted molar refractivity (Wildman–Crippen MR) is 55.9 cm³/mol. The van der Waals surface area contributed by atoms with Crippen molar-refractivity contribution in [3.63, 3.8) is 0 Å².